The normalized spacial score (nSPS) is 29.2. The van der Waals surface area contributed by atoms with Crippen molar-refractivity contribution in [2.45, 2.75) is 45.2 Å². The van der Waals surface area contributed by atoms with E-state index in [9.17, 15) is 9.59 Å². The molecule has 8 heteroatoms. The molecule has 0 radical (unpaired) electrons. The van der Waals surface area contributed by atoms with Gasteiger partial charge in [-0.3, -0.25) is 14.5 Å². The van der Waals surface area contributed by atoms with Gasteiger partial charge in [0.1, 0.15) is 5.69 Å². The second kappa shape index (κ2) is 9.96. The van der Waals surface area contributed by atoms with Crippen LogP contribution in [0.2, 0.25) is 0 Å². The van der Waals surface area contributed by atoms with Gasteiger partial charge < -0.3 is 20.9 Å². The van der Waals surface area contributed by atoms with Gasteiger partial charge in [0.05, 0.1) is 11.9 Å². The lowest BCUT2D eigenvalue weighted by atomic mass is 9.80. The number of hydrogen-bond donors (Lipinski definition) is 3. The van der Waals surface area contributed by atoms with E-state index in [1.165, 1.54) is 0 Å². The van der Waals surface area contributed by atoms with Crippen LogP contribution in [0.15, 0.2) is 18.3 Å². The number of carbonyl (C=O) groups excluding carboxylic acids is 2. The number of rotatable bonds is 6. The minimum absolute atomic E-state index is 0.124. The van der Waals surface area contributed by atoms with Crippen molar-refractivity contribution in [1.82, 2.24) is 25.8 Å². The van der Waals surface area contributed by atoms with E-state index in [2.05, 4.69) is 37.7 Å². The fourth-order valence-electron chi connectivity index (χ4n) is 5.19. The number of piperazine rings is 1. The molecule has 0 aliphatic carbocycles. The van der Waals surface area contributed by atoms with E-state index in [1.807, 2.05) is 13.0 Å². The molecule has 4 rings (SSSR count). The summed E-state index contributed by atoms with van der Waals surface area (Å²) in [5.74, 6) is 0.862. The molecule has 0 bridgehead atoms. The molecule has 4 heterocycles. The van der Waals surface area contributed by atoms with Gasteiger partial charge >= 0.3 is 0 Å². The summed E-state index contributed by atoms with van der Waals surface area (Å²) in [5, 5.41) is 9.76. The highest BCUT2D eigenvalue weighted by Gasteiger charge is 2.39. The lowest BCUT2D eigenvalue weighted by Crippen LogP contribution is -2.62. The molecule has 3 aliphatic rings. The number of aromatic nitrogens is 1. The highest BCUT2D eigenvalue weighted by atomic mass is 16.2. The van der Waals surface area contributed by atoms with Crippen LogP contribution in [-0.2, 0) is 4.79 Å². The van der Waals surface area contributed by atoms with Gasteiger partial charge in [-0.15, -0.1) is 0 Å². The standard InChI is InChI=1S/C23H36N6O2/c1-3-17-12-20-21(27-22(17)30)11-16(13-25-20)15-28-7-9-29(10-8-28)18-5-6-19(26-14-18)23(31)24-4-2/h5-6,14,16-17,20-21,25H,3-4,7-13,15H2,1-2H3,(H,24,31)(H,27,30). The first kappa shape index (κ1) is 22.0. The second-order valence-electron chi connectivity index (χ2n) is 9.12. The Balaban J connectivity index is 1.24. The van der Waals surface area contributed by atoms with Gasteiger partial charge in [-0.05, 0) is 50.8 Å². The van der Waals surface area contributed by atoms with Crippen molar-refractivity contribution < 1.29 is 9.59 Å². The zero-order chi connectivity index (χ0) is 21.8. The van der Waals surface area contributed by atoms with Gasteiger partial charge in [0, 0.05) is 57.3 Å². The molecule has 3 saturated heterocycles. The largest absolute Gasteiger partial charge is 0.368 e. The maximum Gasteiger partial charge on any atom is 0.269 e. The van der Waals surface area contributed by atoms with Crippen LogP contribution in [0.25, 0.3) is 0 Å². The van der Waals surface area contributed by atoms with Crippen LogP contribution in [0.1, 0.15) is 43.6 Å². The van der Waals surface area contributed by atoms with Crippen molar-refractivity contribution in [1.29, 1.82) is 0 Å². The van der Waals surface area contributed by atoms with E-state index < -0.39 is 0 Å². The first-order valence-electron chi connectivity index (χ1n) is 11.8. The minimum Gasteiger partial charge on any atom is -0.368 e. The van der Waals surface area contributed by atoms with Crippen molar-refractivity contribution in [3.05, 3.63) is 24.0 Å². The van der Waals surface area contributed by atoms with E-state index in [0.29, 0.717) is 24.2 Å². The number of fused-ring (bicyclic) bond motifs is 1. The summed E-state index contributed by atoms with van der Waals surface area (Å²) in [6, 6.07) is 4.52. The number of nitrogens with one attached hydrogen (secondary N) is 3. The van der Waals surface area contributed by atoms with E-state index in [4.69, 9.17) is 0 Å². The fourth-order valence-corrected chi connectivity index (χ4v) is 5.19. The number of nitrogens with zero attached hydrogens (tertiary/aromatic N) is 3. The molecule has 0 saturated carbocycles. The van der Waals surface area contributed by atoms with Gasteiger partial charge in [-0.1, -0.05) is 6.92 Å². The number of hydrogen-bond acceptors (Lipinski definition) is 6. The quantitative estimate of drug-likeness (QED) is 0.622. The Morgan fingerprint density at radius 2 is 1.97 bits per heavy atom. The third-order valence-corrected chi connectivity index (χ3v) is 7.04. The van der Waals surface area contributed by atoms with Crippen molar-refractivity contribution in [3.8, 4) is 0 Å². The average molecular weight is 429 g/mol. The van der Waals surface area contributed by atoms with E-state index in [1.54, 1.807) is 12.3 Å². The van der Waals surface area contributed by atoms with Crippen molar-refractivity contribution in [3.63, 3.8) is 0 Å². The first-order chi connectivity index (χ1) is 15.1. The van der Waals surface area contributed by atoms with Crippen LogP contribution in [-0.4, -0.2) is 79.6 Å². The molecule has 2 amide bonds. The molecule has 3 fully saturated rings. The Hall–Kier alpha value is -2.19. The van der Waals surface area contributed by atoms with Crippen LogP contribution in [0.4, 0.5) is 5.69 Å². The molecule has 3 aliphatic heterocycles. The Morgan fingerprint density at radius 1 is 1.16 bits per heavy atom. The molecule has 4 atom stereocenters. The lowest BCUT2D eigenvalue weighted by Gasteiger charge is -2.44. The number of piperidine rings is 2. The molecule has 3 N–H and O–H groups in total. The Labute approximate surface area is 185 Å². The van der Waals surface area contributed by atoms with E-state index >= 15 is 0 Å². The molecular formula is C23H36N6O2. The van der Waals surface area contributed by atoms with Gasteiger partial charge in [0.25, 0.3) is 5.91 Å². The molecule has 1 aromatic heterocycles. The average Bonchev–Trinajstić information content (AvgIpc) is 2.79. The molecule has 0 aromatic carbocycles. The highest BCUT2D eigenvalue weighted by molar-refractivity contribution is 5.92. The van der Waals surface area contributed by atoms with Crippen molar-refractivity contribution in [2.24, 2.45) is 11.8 Å². The molecule has 4 unspecified atom stereocenters. The first-order valence-corrected chi connectivity index (χ1v) is 11.8. The lowest BCUT2D eigenvalue weighted by molar-refractivity contribution is -0.129. The zero-order valence-electron chi connectivity index (χ0n) is 18.8. The highest BCUT2D eigenvalue weighted by Crippen LogP contribution is 2.27. The van der Waals surface area contributed by atoms with Gasteiger partial charge in [-0.2, -0.15) is 0 Å². The number of carbonyl (C=O) groups is 2. The summed E-state index contributed by atoms with van der Waals surface area (Å²) in [6.45, 7) is 10.7. The van der Waals surface area contributed by atoms with Crippen LogP contribution in [0, 0.1) is 11.8 Å². The smallest absolute Gasteiger partial charge is 0.269 e. The van der Waals surface area contributed by atoms with Crippen LogP contribution < -0.4 is 20.9 Å². The Bertz CT molecular complexity index is 762. The zero-order valence-corrected chi connectivity index (χ0v) is 18.8. The van der Waals surface area contributed by atoms with Gasteiger partial charge in [0.2, 0.25) is 5.91 Å². The maximum atomic E-state index is 12.3. The van der Waals surface area contributed by atoms with Crippen LogP contribution in [0.5, 0.6) is 0 Å². The van der Waals surface area contributed by atoms with Crippen LogP contribution >= 0.6 is 0 Å². The Morgan fingerprint density at radius 3 is 2.65 bits per heavy atom. The maximum absolute atomic E-state index is 12.3. The van der Waals surface area contributed by atoms with Gasteiger partial charge in [0.15, 0.2) is 0 Å². The Kier molecular flexibility index (Phi) is 7.07. The van der Waals surface area contributed by atoms with Crippen molar-refractivity contribution in [2.75, 3.05) is 50.7 Å². The predicted octanol–water partition coefficient (Wildman–Crippen LogP) is 0.846. The topological polar surface area (TPSA) is 89.6 Å². The number of anilines is 1. The molecular weight excluding hydrogens is 392 g/mol. The minimum atomic E-state index is -0.124. The van der Waals surface area contributed by atoms with Crippen molar-refractivity contribution >= 4 is 17.5 Å². The summed E-state index contributed by atoms with van der Waals surface area (Å²) < 4.78 is 0. The van der Waals surface area contributed by atoms with Crippen LogP contribution in [0.3, 0.4) is 0 Å². The number of amides is 2. The van der Waals surface area contributed by atoms with E-state index in [-0.39, 0.29) is 23.8 Å². The molecule has 0 spiro atoms. The monoisotopic (exact) mass is 428 g/mol. The third kappa shape index (κ3) is 5.18. The second-order valence-corrected chi connectivity index (χ2v) is 9.12. The molecule has 1 aromatic rings. The molecule has 170 valence electrons. The SMILES string of the molecule is CCNC(=O)c1ccc(N2CCN(CC3CNC4CC(CC)C(=O)NC4C3)CC2)cn1. The third-order valence-electron chi connectivity index (χ3n) is 7.04. The molecule has 31 heavy (non-hydrogen) atoms. The fraction of sp³-hybridized carbons (Fsp3) is 0.696. The van der Waals surface area contributed by atoms with E-state index in [0.717, 1.165) is 64.2 Å². The van der Waals surface area contributed by atoms with Gasteiger partial charge in [-0.25, -0.2) is 4.98 Å². The summed E-state index contributed by atoms with van der Waals surface area (Å²) in [7, 11) is 0. The summed E-state index contributed by atoms with van der Waals surface area (Å²) in [6.07, 6.45) is 4.78. The summed E-state index contributed by atoms with van der Waals surface area (Å²) in [4.78, 5) is 33.3. The number of pyridine rings is 1. The summed E-state index contributed by atoms with van der Waals surface area (Å²) >= 11 is 0. The predicted molar refractivity (Wildman–Crippen MR) is 121 cm³/mol. The summed E-state index contributed by atoms with van der Waals surface area (Å²) in [5.41, 5.74) is 1.54. The molecule has 8 nitrogen and oxygen atoms in total.